The molecule has 1 aliphatic carbocycles. The molecule has 1 aliphatic rings. The molecule has 2 N–H and O–H groups in total. The minimum atomic E-state index is -0.199. The first-order valence-corrected chi connectivity index (χ1v) is 7.33. The van der Waals surface area contributed by atoms with Crippen LogP contribution in [0.2, 0.25) is 0 Å². The lowest BCUT2D eigenvalue weighted by Crippen LogP contribution is -2.33. The lowest BCUT2D eigenvalue weighted by molar-refractivity contribution is 0.0874. The highest BCUT2D eigenvalue weighted by atomic mass is 35.5. The second-order valence-corrected chi connectivity index (χ2v) is 5.50. The Hall–Kier alpha value is -1.06. The third-order valence-electron chi connectivity index (χ3n) is 3.65. The smallest absolute Gasteiger partial charge is 0.251 e. The molecule has 2 unspecified atom stereocenters. The molecular weight excluding hydrogens is 262 g/mol. The first kappa shape index (κ1) is 14.4. The lowest BCUT2D eigenvalue weighted by atomic mass is 9.87. The van der Waals surface area contributed by atoms with Crippen molar-refractivity contribution in [1.29, 1.82) is 0 Å². The van der Waals surface area contributed by atoms with E-state index in [-0.39, 0.29) is 12.0 Å². The summed E-state index contributed by atoms with van der Waals surface area (Å²) in [5.74, 6) is 0.742. The molecule has 1 saturated carbocycles. The van der Waals surface area contributed by atoms with Gasteiger partial charge in [0.2, 0.25) is 0 Å². The molecule has 4 heteroatoms. The number of halogens is 1. The average molecular weight is 282 g/mol. The van der Waals surface area contributed by atoms with E-state index in [4.69, 9.17) is 11.6 Å². The van der Waals surface area contributed by atoms with Gasteiger partial charge in [-0.25, -0.2) is 0 Å². The predicted molar refractivity (Wildman–Crippen MR) is 76.3 cm³/mol. The minimum absolute atomic E-state index is 0.0629. The molecule has 1 amide bonds. The summed E-state index contributed by atoms with van der Waals surface area (Å²) < 4.78 is 0. The molecule has 0 bridgehead atoms. The molecule has 0 aromatic heterocycles. The SMILES string of the molecule is O=C(NCC1CCCC(O)C1)c1cccc(CCl)c1. The van der Waals surface area contributed by atoms with E-state index < -0.39 is 0 Å². The fourth-order valence-electron chi connectivity index (χ4n) is 2.58. The van der Waals surface area contributed by atoms with Gasteiger partial charge in [-0.15, -0.1) is 11.6 Å². The summed E-state index contributed by atoms with van der Waals surface area (Å²) in [7, 11) is 0. The van der Waals surface area contributed by atoms with Gasteiger partial charge in [-0.1, -0.05) is 18.6 Å². The quantitative estimate of drug-likeness (QED) is 0.834. The topological polar surface area (TPSA) is 49.3 Å². The number of amides is 1. The van der Waals surface area contributed by atoms with E-state index in [0.29, 0.717) is 23.9 Å². The molecule has 1 fully saturated rings. The highest BCUT2D eigenvalue weighted by Gasteiger charge is 2.20. The number of carbonyl (C=O) groups excluding carboxylic acids is 1. The van der Waals surface area contributed by atoms with Crippen molar-refractivity contribution in [2.24, 2.45) is 5.92 Å². The van der Waals surface area contributed by atoms with Crippen LogP contribution < -0.4 is 5.32 Å². The molecule has 0 saturated heterocycles. The van der Waals surface area contributed by atoms with Crippen LogP contribution in [0.5, 0.6) is 0 Å². The van der Waals surface area contributed by atoms with Gasteiger partial charge >= 0.3 is 0 Å². The van der Waals surface area contributed by atoms with Gasteiger partial charge in [-0.3, -0.25) is 4.79 Å². The highest BCUT2D eigenvalue weighted by Crippen LogP contribution is 2.23. The maximum absolute atomic E-state index is 12.0. The van der Waals surface area contributed by atoms with Crippen LogP contribution in [0.15, 0.2) is 24.3 Å². The molecule has 0 heterocycles. The van der Waals surface area contributed by atoms with Gasteiger partial charge in [-0.2, -0.15) is 0 Å². The zero-order chi connectivity index (χ0) is 13.7. The fraction of sp³-hybridized carbons (Fsp3) is 0.533. The fourth-order valence-corrected chi connectivity index (χ4v) is 2.75. The molecule has 104 valence electrons. The number of hydrogen-bond acceptors (Lipinski definition) is 2. The van der Waals surface area contributed by atoms with Gasteiger partial charge in [0.05, 0.1) is 6.10 Å². The van der Waals surface area contributed by atoms with Crippen LogP contribution in [0.25, 0.3) is 0 Å². The molecule has 0 spiro atoms. The van der Waals surface area contributed by atoms with Gasteiger partial charge in [-0.05, 0) is 42.9 Å². The van der Waals surface area contributed by atoms with Crippen molar-refractivity contribution in [2.45, 2.75) is 37.7 Å². The minimum Gasteiger partial charge on any atom is -0.393 e. The highest BCUT2D eigenvalue weighted by molar-refractivity contribution is 6.17. The number of carbonyl (C=O) groups is 1. The Balaban J connectivity index is 1.86. The molecule has 1 aromatic carbocycles. The summed E-state index contributed by atoms with van der Waals surface area (Å²) in [4.78, 5) is 12.0. The van der Waals surface area contributed by atoms with Crippen molar-refractivity contribution in [3.05, 3.63) is 35.4 Å². The molecule has 3 nitrogen and oxygen atoms in total. The Morgan fingerprint density at radius 3 is 3.00 bits per heavy atom. The van der Waals surface area contributed by atoms with Crippen LogP contribution in [0, 0.1) is 5.92 Å². The number of nitrogens with one attached hydrogen (secondary N) is 1. The van der Waals surface area contributed by atoms with Gasteiger partial charge in [0.15, 0.2) is 0 Å². The number of rotatable bonds is 4. The van der Waals surface area contributed by atoms with E-state index in [9.17, 15) is 9.90 Å². The number of alkyl halides is 1. The maximum atomic E-state index is 12.0. The number of aliphatic hydroxyl groups is 1. The van der Waals surface area contributed by atoms with E-state index in [1.54, 1.807) is 6.07 Å². The zero-order valence-corrected chi connectivity index (χ0v) is 11.7. The Morgan fingerprint density at radius 1 is 1.42 bits per heavy atom. The second kappa shape index (κ2) is 6.92. The third-order valence-corrected chi connectivity index (χ3v) is 3.96. The van der Waals surface area contributed by atoms with Gasteiger partial charge in [0.25, 0.3) is 5.91 Å². The molecule has 19 heavy (non-hydrogen) atoms. The van der Waals surface area contributed by atoms with E-state index in [0.717, 1.165) is 31.2 Å². The van der Waals surface area contributed by atoms with Gasteiger partial charge < -0.3 is 10.4 Å². The van der Waals surface area contributed by atoms with Crippen molar-refractivity contribution in [1.82, 2.24) is 5.32 Å². The average Bonchev–Trinajstić information content (AvgIpc) is 2.45. The van der Waals surface area contributed by atoms with E-state index in [1.807, 2.05) is 18.2 Å². The predicted octanol–water partition coefficient (Wildman–Crippen LogP) is 2.71. The van der Waals surface area contributed by atoms with Crippen molar-refractivity contribution >= 4 is 17.5 Å². The van der Waals surface area contributed by atoms with Crippen molar-refractivity contribution < 1.29 is 9.90 Å². The summed E-state index contributed by atoms with van der Waals surface area (Å²) in [6, 6.07) is 7.36. The number of aliphatic hydroxyl groups excluding tert-OH is 1. The van der Waals surface area contributed by atoms with Crippen LogP contribution in [0.4, 0.5) is 0 Å². The summed E-state index contributed by atoms with van der Waals surface area (Å²) >= 11 is 5.76. The molecule has 0 aliphatic heterocycles. The van der Waals surface area contributed by atoms with Crippen LogP contribution >= 0.6 is 11.6 Å². The zero-order valence-electron chi connectivity index (χ0n) is 10.9. The van der Waals surface area contributed by atoms with Gasteiger partial charge in [0, 0.05) is 18.0 Å². The van der Waals surface area contributed by atoms with Crippen molar-refractivity contribution in [3.63, 3.8) is 0 Å². The molecule has 2 atom stereocenters. The lowest BCUT2D eigenvalue weighted by Gasteiger charge is -2.25. The summed E-state index contributed by atoms with van der Waals surface area (Å²) in [6.07, 6.45) is 3.61. The van der Waals surface area contributed by atoms with E-state index in [2.05, 4.69) is 5.32 Å². The first-order chi connectivity index (χ1) is 9.19. The van der Waals surface area contributed by atoms with Crippen LogP contribution in [0.1, 0.15) is 41.6 Å². The molecule has 0 radical (unpaired) electrons. The van der Waals surface area contributed by atoms with Gasteiger partial charge in [0.1, 0.15) is 0 Å². The Bertz CT molecular complexity index is 436. The van der Waals surface area contributed by atoms with Crippen LogP contribution in [-0.2, 0) is 5.88 Å². The number of hydrogen-bond donors (Lipinski definition) is 2. The van der Waals surface area contributed by atoms with E-state index >= 15 is 0 Å². The monoisotopic (exact) mass is 281 g/mol. The van der Waals surface area contributed by atoms with Crippen molar-refractivity contribution in [3.8, 4) is 0 Å². The molecule has 1 aromatic rings. The normalized spacial score (nSPS) is 23.1. The summed E-state index contributed by atoms with van der Waals surface area (Å²) in [6.45, 7) is 0.640. The Kier molecular flexibility index (Phi) is 5.23. The second-order valence-electron chi connectivity index (χ2n) is 5.23. The van der Waals surface area contributed by atoms with E-state index in [1.165, 1.54) is 0 Å². The number of benzene rings is 1. The third kappa shape index (κ3) is 4.22. The maximum Gasteiger partial charge on any atom is 0.251 e. The van der Waals surface area contributed by atoms with Crippen molar-refractivity contribution in [2.75, 3.05) is 6.54 Å². The summed E-state index contributed by atoms with van der Waals surface area (Å²) in [5, 5.41) is 12.6. The largest absolute Gasteiger partial charge is 0.393 e. The molecular formula is C15H20ClNO2. The Labute approximate surface area is 119 Å². The summed E-state index contributed by atoms with van der Waals surface area (Å²) in [5.41, 5.74) is 1.59. The molecule has 2 rings (SSSR count). The standard InChI is InChI=1S/C15H20ClNO2/c16-9-11-3-1-5-13(7-11)15(19)17-10-12-4-2-6-14(18)8-12/h1,3,5,7,12,14,18H,2,4,6,8-10H2,(H,17,19). The van der Waals surface area contributed by atoms with Crippen LogP contribution in [0.3, 0.4) is 0 Å². The first-order valence-electron chi connectivity index (χ1n) is 6.80. The Morgan fingerprint density at radius 2 is 2.26 bits per heavy atom. The van der Waals surface area contributed by atoms with Crippen LogP contribution in [-0.4, -0.2) is 23.7 Å².